The molecule has 0 amide bonds. The Labute approximate surface area is 141 Å². The molecule has 0 spiro atoms. The van der Waals surface area contributed by atoms with Crippen LogP contribution in [0.1, 0.15) is 84.0 Å². The summed E-state index contributed by atoms with van der Waals surface area (Å²) in [6, 6.07) is -0.759. The molecule has 2 atom stereocenters. The van der Waals surface area contributed by atoms with E-state index in [1.54, 1.807) is 0 Å². The Hall–Kier alpha value is 0.0300. The van der Waals surface area contributed by atoms with Crippen LogP contribution in [0.3, 0.4) is 0 Å². The van der Waals surface area contributed by atoms with Crippen LogP contribution in [0.5, 0.6) is 0 Å². The Bertz CT molecular complexity index is 311. The van der Waals surface area contributed by atoms with Crippen molar-refractivity contribution in [1.29, 1.82) is 0 Å². The summed E-state index contributed by atoms with van der Waals surface area (Å²) >= 11 is 0. The maximum Gasteiger partial charge on any atom is 0.469 e. The van der Waals surface area contributed by atoms with Crippen LogP contribution in [0.25, 0.3) is 0 Å². The molecule has 0 saturated heterocycles. The zero-order chi connectivity index (χ0) is 17.6. The van der Waals surface area contributed by atoms with Gasteiger partial charge in [-0.3, -0.25) is 4.52 Å². The molecule has 0 aliphatic rings. The van der Waals surface area contributed by atoms with Crippen molar-refractivity contribution in [2.75, 3.05) is 6.61 Å². The van der Waals surface area contributed by atoms with Crippen LogP contribution >= 0.6 is 7.82 Å². The minimum atomic E-state index is -4.51. The van der Waals surface area contributed by atoms with Gasteiger partial charge in [-0.25, -0.2) is 4.57 Å². The summed E-state index contributed by atoms with van der Waals surface area (Å²) < 4.78 is 14.9. The molecule has 5 N–H and O–H groups in total. The summed E-state index contributed by atoms with van der Waals surface area (Å²) in [5.74, 6) is 0. The largest absolute Gasteiger partial charge is 0.469 e. The number of aliphatic hydroxyl groups is 1. The minimum Gasteiger partial charge on any atom is -0.391 e. The predicted octanol–water partition coefficient (Wildman–Crippen LogP) is 3.49. The number of unbranched alkanes of at least 4 members (excludes halogenated alkanes) is 10. The molecule has 0 aromatic rings. The molecule has 7 heteroatoms. The van der Waals surface area contributed by atoms with E-state index in [1.807, 2.05) is 0 Å². The fraction of sp³-hybridized carbons (Fsp3) is 1.00. The summed E-state index contributed by atoms with van der Waals surface area (Å²) in [5.41, 5.74) is 5.64. The molecule has 140 valence electrons. The molecule has 0 fully saturated rings. The fourth-order valence-corrected chi connectivity index (χ4v) is 2.89. The topological polar surface area (TPSA) is 113 Å². The predicted molar refractivity (Wildman–Crippen MR) is 93.1 cm³/mol. The third kappa shape index (κ3) is 16.7. The highest BCUT2D eigenvalue weighted by molar-refractivity contribution is 7.46. The van der Waals surface area contributed by atoms with Crippen LogP contribution in [0.2, 0.25) is 0 Å². The third-order valence-electron chi connectivity index (χ3n) is 4.03. The molecular formula is C16H36NO5P. The van der Waals surface area contributed by atoms with E-state index in [1.165, 1.54) is 51.4 Å². The van der Waals surface area contributed by atoms with Crippen LogP contribution < -0.4 is 5.73 Å². The molecule has 0 aliphatic carbocycles. The zero-order valence-electron chi connectivity index (χ0n) is 14.5. The molecule has 0 aliphatic heterocycles. The summed E-state index contributed by atoms with van der Waals surface area (Å²) in [6.45, 7) is 1.90. The molecule has 6 nitrogen and oxygen atoms in total. The van der Waals surface area contributed by atoms with Gasteiger partial charge in [0, 0.05) is 0 Å². The number of nitrogens with two attached hydrogens (primary N) is 1. The molecular weight excluding hydrogens is 317 g/mol. The van der Waals surface area contributed by atoms with Gasteiger partial charge in [0.1, 0.15) is 0 Å². The third-order valence-corrected chi connectivity index (χ3v) is 4.52. The fourth-order valence-electron chi connectivity index (χ4n) is 2.53. The number of hydrogen-bond acceptors (Lipinski definition) is 4. The molecule has 0 heterocycles. The second-order valence-electron chi connectivity index (χ2n) is 6.34. The first-order valence-electron chi connectivity index (χ1n) is 9.00. The highest BCUT2D eigenvalue weighted by Gasteiger charge is 2.20. The highest BCUT2D eigenvalue weighted by atomic mass is 31.2. The summed E-state index contributed by atoms with van der Waals surface area (Å²) in [7, 11) is -4.51. The van der Waals surface area contributed by atoms with E-state index in [0.29, 0.717) is 6.42 Å². The first-order chi connectivity index (χ1) is 10.9. The highest BCUT2D eigenvalue weighted by Crippen LogP contribution is 2.35. The van der Waals surface area contributed by atoms with Gasteiger partial charge in [0.2, 0.25) is 0 Å². The first kappa shape index (κ1) is 23.0. The van der Waals surface area contributed by atoms with Crippen molar-refractivity contribution in [3.8, 4) is 0 Å². The van der Waals surface area contributed by atoms with Gasteiger partial charge in [0.25, 0.3) is 0 Å². The van der Waals surface area contributed by atoms with Crippen LogP contribution in [0, 0.1) is 0 Å². The van der Waals surface area contributed by atoms with Crippen LogP contribution in [0.4, 0.5) is 0 Å². The lowest BCUT2D eigenvalue weighted by Gasteiger charge is -2.18. The molecule has 0 radical (unpaired) electrons. The van der Waals surface area contributed by atoms with E-state index in [0.717, 1.165) is 19.3 Å². The van der Waals surface area contributed by atoms with Crippen molar-refractivity contribution in [3.63, 3.8) is 0 Å². The summed E-state index contributed by atoms with van der Waals surface area (Å²) in [4.78, 5) is 17.2. The SMILES string of the molecule is CCCCCCCCCCCCC[C@@H](O)[C@@H](N)COP(=O)(O)O. The molecule has 0 bridgehead atoms. The van der Waals surface area contributed by atoms with E-state index in [-0.39, 0.29) is 6.61 Å². The molecule has 0 aromatic carbocycles. The van der Waals surface area contributed by atoms with Gasteiger partial charge in [-0.1, -0.05) is 77.6 Å². The average molecular weight is 353 g/mol. The molecule has 0 aromatic heterocycles. The van der Waals surface area contributed by atoms with Gasteiger partial charge in [-0.2, -0.15) is 0 Å². The van der Waals surface area contributed by atoms with Crippen molar-refractivity contribution in [2.24, 2.45) is 5.73 Å². The van der Waals surface area contributed by atoms with Gasteiger partial charge in [0.05, 0.1) is 18.8 Å². The Morgan fingerprint density at radius 1 is 0.913 bits per heavy atom. The Morgan fingerprint density at radius 3 is 1.78 bits per heavy atom. The standard InChI is InChI=1S/C16H36NO5P/c1-2-3-4-5-6-7-8-9-10-11-12-13-16(18)15(17)14-22-23(19,20)21/h15-16,18H,2-14,17H2,1H3,(H2,19,20,21)/t15-,16+/m0/s1. The second kappa shape index (κ2) is 14.4. The quantitative estimate of drug-likeness (QED) is 0.249. The van der Waals surface area contributed by atoms with E-state index in [4.69, 9.17) is 15.5 Å². The van der Waals surface area contributed by atoms with Gasteiger partial charge >= 0.3 is 7.82 Å². The van der Waals surface area contributed by atoms with Crippen LogP contribution in [-0.2, 0) is 9.09 Å². The number of rotatable bonds is 16. The molecule has 0 rings (SSSR count). The second-order valence-corrected chi connectivity index (χ2v) is 7.58. The van der Waals surface area contributed by atoms with Crippen LogP contribution in [0.15, 0.2) is 0 Å². The van der Waals surface area contributed by atoms with Crippen molar-refractivity contribution in [2.45, 2.75) is 96.1 Å². The smallest absolute Gasteiger partial charge is 0.391 e. The first-order valence-corrected chi connectivity index (χ1v) is 10.5. The zero-order valence-corrected chi connectivity index (χ0v) is 15.4. The lowest BCUT2D eigenvalue weighted by molar-refractivity contribution is 0.0931. The monoisotopic (exact) mass is 353 g/mol. The maximum atomic E-state index is 10.6. The van der Waals surface area contributed by atoms with Crippen LogP contribution in [-0.4, -0.2) is 33.6 Å². The van der Waals surface area contributed by atoms with E-state index >= 15 is 0 Å². The van der Waals surface area contributed by atoms with Gasteiger partial charge in [0.15, 0.2) is 0 Å². The van der Waals surface area contributed by atoms with Gasteiger partial charge in [-0.05, 0) is 6.42 Å². The van der Waals surface area contributed by atoms with Crippen molar-refractivity contribution in [3.05, 3.63) is 0 Å². The lowest BCUT2D eigenvalue weighted by Crippen LogP contribution is -2.38. The maximum absolute atomic E-state index is 10.6. The number of phosphoric acid groups is 1. The normalized spacial score (nSPS) is 14.8. The number of aliphatic hydroxyl groups excluding tert-OH is 1. The van der Waals surface area contributed by atoms with E-state index < -0.39 is 20.0 Å². The van der Waals surface area contributed by atoms with E-state index in [9.17, 15) is 9.67 Å². The molecule has 0 unspecified atom stereocenters. The van der Waals surface area contributed by atoms with Crippen molar-refractivity contribution >= 4 is 7.82 Å². The van der Waals surface area contributed by atoms with Crippen molar-refractivity contribution in [1.82, 2.24) is 0 Å². The van der Waals surface area contributed by atoms with Crippen molar-refractivity contribution < 1.29 is 24.0 Å². The Balaban J connectivity index is 3.38. The summed E-state index contributed by atoms with van der Waals surface area (Å²) in [6.07, 6.45) is 13.4. The minimum absolute atomic E-state index is 0.330. The molecule has 0 saturated carbocycles. The van der Waals surface area contributed by atoms with Gasteiger partial charge < -0.3 is 20.6 Å². The Morgan fingerprint density at radius 2 is 1.35 bits per heavy atom. The number of hydrogen-bond donors (Lipinski definition) is 4. The van der Waals surface area contributed by atoms with Gasteiger partial charge in [-0.15, -0.1) is 0 Å². The lowest BCUT2D eigenvalue weighted by atomic mass is 10.0. The average Bonchev–Trinajstić information content (AvgIpc) is 2.49. The van der Waals surface area contributed by atoms with E-state index in [2.05, 4.69) is 11.4 Å². The summed E-state index contributed by atoms with van der Waals surface area (Å²) in [5, 5.41) is 9.80. The Kier molecular flexibility index (Phi) is 14.4. The molecule has 23 heavy (non-hydrogen) atoms. The number of phosphoric ester groups is 1.